The van der Waals surface area contributed by atoms with Crippen LogP contribution in [-0.2, 0) is 6.42 Å². The van der Waals surface area contributed by atoms with E-state index in [4.69, 9.17) is 15.2 Å². The van der Waals surface area contributed by atoms with Gasteiger partial charge < -0.3 is 15.2 Å². The van der Waals surface area contributed by atoms with Gasteiger partial charge in [-0.25, -0.2) is 0 Å². The van der Waals surface area contributed by atoms with Crippen LogP contribution in [-0.4, -0.2) is 13.2 Å². The second-order valence-electron chi connectivity index (χ2n) is 4.63. The van der Waals surface area contributed by atoms with E-state index in [-0.39, 0.29) is 0 Å². The van der Waals surface area contributed by atoms with Gasteiger partial charge in [0.1, 0.15) is 17.2 Å². The van der Waals surface area contributed by atoms with E-state index in [9.17, 15) is 0 Å². The van der Waals surface area contributed by atoms with Crippen LogP contribution in [0.25, 0.3) is 0 Å². The van der Waals surface area contributed by atoms with Crippen LogP contribution in [0.4, 0.5) is 0 Å². The van der Waals surface area contributed by atoms with Crippen LogP contribution in [0.1, 0.15) is 18.1 Å². The molecule has 0 unspecified atom stereocenters. The third-order valence-corrected chi connectivity index (χ3v) is 3.10. The van der Waals surface area contributed by atoms with Gasteiger partial charge in [0.2, 0.25) is 0 Å². The lowest BCUT2D eigenvalue weighted by molar-refractivity contribution is 0.339. The molecule has 0 atom stereocenters. The monoisotopic (exact) mass is 271 g/mol. The molecule has 2 N–H and O–H groups in total. The van der Waals surface area contributed by atoms with Crippen LogP contribution < -0.4 is 15.2 Å². The van der Waals surface area contributed by atoms with Gasteiger partial charge in [0.05, 0.1) is 6.61 Å². The molecule has 0 aromatic heterocycles. The third kappa shape index (κ3) is 3.75. The Bertz CT molecular complexity index is 549. The molecule has 0 aliphatic rings. The number of aryl methyl sites for hydroxylation is 1. The van der Waals surface area contributed by atoms with Gasteiger partial charge in [0.25, 0.3) is 0 Å². The zero-order chi connectivity index (χ0) is 14.4. The lowest BCUT2D eigenvalue weighted by Crippen LogP contribution is -2.04. The molecule has 3 nitrogen and oxygen atoms in total. The van der Waals surface area contributed by atoms with Gasteiger partial charge in [-0.15, -0.1) is 0 Å². The Morgan fingerprint density at radius 2 is 1.60 bits per heavy atom. The van der Waals surface area contributed by atoms with Crippen LogP contribution in [0.5, 0.6) is 17.2 Å². The fourth-order valence-electron chi connectivity index (χ4n) is 2.07. The van der Waals surface area contributed by atoms with Gasteiger partial charge in [-0.05, 0) is 74.3 Å². The van der Waals surface area contributed by atoms with Crippen molar-refractivity contribution in [1.29, 1.82) is 0 Å². The predicted molar refractivity (Wildman–Crippen MR) is 81.6 cm³/mol. The molecule has 0 fully saturated rings. The van der Waals surface area contributed by atoms with Crippen LogP contribution >= 0.6 is 0 Å². The first-order valence-corrected chi connectivity index (χ1v) is 6.93. The van der Waals surface area contributed by atoms with Crippen molar-refractivity contribution in [2.45, 2.75) is 20.3 Å². The number of hydrogen-bond donors (Lipinski definition) is 1. The minimum atomic E-state index is 0.667. The van der Waals surface area contributed by atoms with E-state index >= 15 is 0 Å². The average Bonchev–Trinajstić information content (AvgIpc) is 2.44. The summed E-state index contributed by atoms with van der Waals surface area (Å²) < 4.78 is 11.2. The second-order valence-corrected chi connectivity index (χ2v) is 4.63. The van der Waals surface area contributed by atoms with E-state index < -0.39 is 0 Å². The van der Waals surface area contributed by atoms with Crippen molar-refractivity contribution in [3.63, 3.8) is 0 Å². The minimum absolute atomic E-state index is 0.667. The van der Waals surface area contributed by atoms with E-state index in [0.29, 0.717) is 13.2 Å². The fourth-order valence-corrected chi connectivity index (χ4v) is 2.07. The number of nitrogens with two attached hydrogens (primary N) is 1. The van der Waals surface area contributed by atoms with Crippen LogP contribution in [0.15, 0.2) is 42.5 Å². The van der Waals surface area contributed by atoms with Crippen molar-refractivity contribution in [2.24, 2.45) is 5.73 Å². The molecule has 0 amide bonds. The Kier molecular flexibility index (Phi) is 5.02. The lowest BCUT2D eigenvalue weighted by Gasteiger charge is -2.10. The Morgan fingerprint density at radius 3 is 2.20 bits per heavy atom. The standard InChI is InChI=1S/C17H21NO2/c1-3-19-15-6-8-16(9-7-15)20-17-5-4-14(10-11-18)13(2)12-17/h4-9,12H,3,10-11,18H2,1-2H3. The highest BCUT2D eigenvalue weighted by Gasteiger charge is 2.02. The summed E-state index contributed by atoms with van der Waals surface area (Å²) in [5, 5.41) is 0. The SMILES string of the molecule is CCOc1ccc(Oc2ccc(CCN)c(C)c2)cc1. The van der Waals surface area contributed by atoms with E-state index in [2.05, 4.69) is 13.0 Å². The average molecular weight is 271 g/mol. The highest BCUT2D eigenvalue weighted by molar-refractivity contribution is 5.39. The summed E-state index contributed by atoms with van der Waals surface area (Å²) in [5.41, 5.74) is 8.06. The summed E-state index contributed by atoms with van der Waals surface area (Å²) >= 11 is 0. The van der Waals surface area contributed by atoms with Gasteiger partial charge in [-0.1, -0.05) is 6.07 Å². The fraction of sp³-hybridized carbons (Fsp3) is 0.294. The molecule has 3 heteroatoms. The second kappa shape index (κ2) is 6.96. The molecule has 0 aliphatic carbocycles. The van der Waals surface area contributed by atoms with Gasteiger partial charge >= 0.3 is 0 Å². The zero-order valence-electron chi connectivity index (χ0n) is 12.1. The van der Waals surface area contributed by atoms with Crippen LogP contribution in [0, 0.1) is 6.92 Å². The molecular formula is C17H21NO2. The van der Waals surface area contributed by atoms with Crippen molar-refractivity contribution in [3.05, 3.63) is 53.6 Å². The van der Waals surface area contributed by atoms with Crippen LogP contribution in [0.3, 0.4) is 0 Å². The minimum Gasteiger partial charge on any atom is -0.494 e. The number of benzene rings is 2. The molecule has 0 saturated heterocycles. The maximum atomic E-state index is 5.84. The maximum Gasteiger partial charge on any atom is 0.127 e. The Balaban J connectivity index is 2.07. The van der Waals surface area contributed by atoms with E-state index in [1.54, 1.807) is 0 Å². The predicted octanol–water partition coefficient (Wildman–Crippen LogP) is 3.69. The molecular weight excluding hydrogens is 250 g/mol. The molecule has 0 bridgehead atoms. The molecule has 2 rings (SSSR count). The zero-order valence-corrected chi connectivity index (χ0v) is 12.1. The van der Waals surface area contributed by atoms with E-state index in [0.717, 1.165) is 23.7 Å². The highest BCUT2D eigenvalue weighted by Crippen LogP contribution is 2.25. The van der Waals surface area contributed by atoms with Gasteiger partial charge in [0, 0.05) is 0 Å². The Morgan fingerprint density at radius 1 is 0.950 bits per heavy atom. The quantitative estimate of drug-likeness (QED) is 0.871. The molecule has 0 radical (unpaired) electrons. The van der Waals surface area contributed by atoms with Gasteiger partial charge in [-0.2, -0.15) is 0 Å². The van der Waals surface area contributed by atoms with E-state index in [1.165, 1.54) is 11.1 Å². The van der Waals surface area contributed by atoms with Crippen LogP contribution in [0.2, 0.25) is 0 Å². The number of hydrogen-bond acceptors (Lipinski definition) is 3. The summed E-state index contributed by atoms with van der Waals surface area (Å²) in [5.74, 6) is 2.50. The molecule has 2 aromatic carbocycles. The Labute approximate surface area is 120 Å². The molecule has 0 heterocycles. The largest absolute Gasteiger partial charge is 0.494 e. The molecule has 20 heavy (non-hydrogen) atoms. The maximum absolute atomic E-state index is 5.84. The smallest absolute Gasteiger partial charge is 0.127 e. The summed E-state index contributed by atoms with van der Waals surface area (Å²) in [6, 6.07) is 13.7. The molecule has 0 saturated carbocycles. The highest BCUT2D eigenvalue weighted by atomic mass is 16.5. The molecule has 0 spiro atoms. The normalized spacial score (nSPS) is 10.3. The third-order valence-electron chi connectivity index (χ3n) is 3.10. The number of rotatable bonds is 6. The summed E-state index contributed by atoms with van der Waals surface area (Å²) in [6.45, 7) is 5.38. The molecule has 0 aliphatic heterocycles. The first kappa shape index (κ1) is 14.4. The Hall–Kier alpha value is -2.00. The van der Waals surface area contributed by atoms with Crippen molar-refractivity contribution in [1.82, 2.24) is 0 Å². The van der Waals surface area contributed by atoms with Crippen molar-refractivity contribution in [2.75, 3.05) is 13.2 Å². The molecule has 106 valence electrons. The lowest BCUT2D eigenvalue weighted by atomic mass is 10.1. The first-order valence-electron chi connectivity index (χ1n) is 6.93. The van der Waals surface area contributed by atoms with Gasteiger partial charge in [-0.3, -0.25) is 0 Å². The molecule has 2 aromatic rings. The van der Waals surface area contributed by atoms with Crippen molar-refractivity contribution >= 4 is 0 Å². The van der Waals surface area contributed by atoms with Crippen molar-refractivity contribution < 1.29 is 9.47 Å². The summed E-state index contributed by atoms with van der Waals surface area (Å²) in [7, 11) is 0. The summed E-state index contributed by atoms with van der Waals surface area (Å²) in [6.07, 6.45) is 0.898. The van der Waals surface area contributed by atoms with Crippen molar-refractivity contribution in [3.8, 4) is 17.2 Å². The summed E-state index contributed by atoms with van der Waals surface area (Å²) in [4.78, 5) is 0. The van der Waals surface area contributed by atoms with E-state index in [1.807, 2.05) is 43.3 Å². The van der Waals surface area contributed by atoms with Gasteiger partial charge in [0.15, 0.2) is 0 Å². The number of ether oxygens (including phenoxy) is 2. The topological polar surface area (TPSA) is 44.5 Å². The first-order chi connectivity index (χ1) is 9.72.